The van der Waals surface area contributed by atoms with E-state index in [1.54, 1.807) is 0 Å². The van der Waals surface area contributed by atoms with E-state index in [0.717, 1.165) is 51.1 Å². The molecule has 2 aromatic rings. The number of hydrogen-bond acceptors (Lipinski definition) is 4. The van der Waals surface area contributed by atoms with E-state index in [-0.39, 0.29) is 23.8 Å². The Balaban J connectivity index is 1.31. The lowest BCUT2D eigenvalue weighted by Crippen LogP contribution is -2.56. The first kappa shape index (κ1) is 19.3. The van der Waals surface area contributed by atoms with Crippen LogP contribution in [0.3, 0.4) is 0 Å². The van der Waals surface area contributed by atoms with Crippen LogP contribution in [-0.4, -0.2) is 65.6 Å². The molecule has 4 rings (SSSR count). The number of rotatable bonds is 5. The van der Waals surface area contributed by atoms with Crippen LogP contribution in [0, 0.1) is 5.92 Å². The van der Waals surface area contributed by atoms with Gasteiger partial charge < -0.3 is 10.0 Å². The smallest absolute Gasteiger partial charge is 0.166 e. The molecule has 2 aromatic carbocycles. The molecule has 0 aromatic heterocycles. The van der Waals surface area contributed by atoms with Gasteiger partial charge in [-0.2, -0.15) is 0 Å². The van der Waals surface area contributed by atoms with E-state index in [2.05, 4.69) is 34.1 Å². The summed E-state index contributed by atoms with van der Waals surface area (Å²) in [6, 6.07) is 18.3. The summed E-state index contributed by atoms with van der Waals surface area (Å²) >= 11 is 0. The number of hydrogen-bond donors (Lipinski definition) is 1. The fourth-order valence-electron chi connectivity index (χ4n) is 4.69. The maximum absolute atomic E-state index is 12.6. The van der Waals surface area contributed by atoms with Crippen molar-refractivity contribution in [2.45, 2.75) is 31.9 Å². The van der Waals surface area contributed by atoms with Crippen molar-refractivity contribution in [3.8, 4) is 0 Å². The lowest BCUT2D eigenvalue weighted by molar-refractivity contribution is 0.0121. The first-order chi connectivity index (χ1) is 13.6. The van der Waals surface area contributed by atoms with Gasteiger partial charge in [-0.3, -0.25) is 9.69 Å². The number of carbonyl (C=O) groups excluding carboxylic acids is 1. The third kappa shape index (κ3) is 4.19. The highest BCUT2D eigenvalue weighted by molar-refractivity contribution is 5.97. The van der Waals surface area contributed by atoms with Crippen molar-refractivity contribution in [2.75, 3.05) is 32.7 Å². The van der Waals surface area contributed by atoms with Crippen LogP contribution in [-0.2, 0) is 12.8 Å². The molecule has 28 heavy (non-hydrogen) atoms. The molecule has 4 heteroatoms. The highest BCUT2D eigenvalue weighted by atomic mass is 16.3. The van der Waals surface area contributed by atoms with E-state index >= 15 is 0 Å². The Labute approximate surface area is 167 Å². The van der Waals surface area contributed by atoms with E-state index in [1.807, 2.05) is 37.3 Å². The molecule has 2 aliphatic rings. The van der Waals surface area contributed by atoms with Gasteiger partial charge in [0.05, 0.1) is 6.10 Å². The summed E-state index contributed by atoms with van der Waals surface area (Å²) in [6.45, 7) is 6.65. The third-order valence-corrected chi connectivity index (χ3v) is 6.33. The summed E-state index contributed by atoms with van der Waals surface area (Å²) < 4.78 is 0. The predicted octanol–water partition coefficient (Wildman–Crippen LogP) is 2.65. The SMILES string of the molecule is CC(CN1CCN([C@H]2Cc3ccccc3C[C@@H]2O)CC1)C(=O)c1ccccc1. The Morgan fingerprint density at radius 3 is 2.25 bits per heavy atom. The van der Waals surface area contributed by atoms with Crippen LogP contribution in [0.1, 0.15) is 28.4 Å². The Morgan fingerprint density at radius 2 is 1.57 bits per heavy atom. The second-order valence-electron chi connectivity index (χ2n) is 8.28. The highest BCUT2D eigenvalue weighted by Crippen LogP contribution is 2.26. The number of aliphatic hydroxyl groups is 1. The van der Waals surface area contributed by atoms with Gasteiger partial charge in [-0.05, 0) is 17.5 Å². The van der Waals surface area contributed by atoms with Gasteiger partial charge in [0.25, 0.3) is 0 Å². The number of piperazine rings is 1. The van der Waals surface area contributed by atoms with Crippen LogP contribution in [0.25, 0.3) is 0 Å². The number of fused-ring (bicyclic) bond motifs is 1. The van der Waals surface area contributed by atoms with Gasteiger partial charge in [-0.15, -0.1) is 0 Å². The first-order valence-electron chi connectivity index (χ1n) is 10.4. The van der Waals surface area contributed by atoms with Crippen LogP contribution in [0.5, 0.6) is 0 Å². The molecule has 0 saturated carbocycles. The number of carbonyl (C=O) groups is 1. The number of Topliss-reactive ketones (excluding diaryl/α,β-unsaturated/α-hetero) is 1. The zero-order chi connectivity index (χ0) is 19.5. The maximum Gasteiger partial charge on any atom is 0.166 e. The standard InChI is InChI=1S/C24H30N2O2/c1-18(24(28)19-7-3-2-4-8-19)17-25-11-13-26(14-12-25)22-15-20-9-5-6-10-21(20)16-23(22)27/h2-10,18,22-23,27H,11-17H2,1H3/t18?,22-,23-/m0/s1. The van der Waals surface area contributed by atoms with E-state index in [4.69, 9.17) is 0 Å². The van der Waals surface area contributed by atoms with Crippen molar-refractivity contribution in [2.24, 2.45) is 5.92 Å². The molecule has 0 amide bonds. The second-order valence-corrected chi connectivity index (χ2v) is 8.28. The molecule has 0 radical (unpaired) electrons. The molecular formula is C24H30N2O2. The van der Waals surface area contributed by atoms with Crippen molar-refractivity contribution in [3.63, 3.8) is 0 Å². The van der Waals surface area contributed by atoms with Gasteiger partial charge in [-0.25, -0.2) is 0 Å². The van der Waals surface area contributed by atoms with Crippen molar-refractivity contribution in [1.29, 1.82) is 0 Å². The van der Waals surface area contributed by atoms with E-state index in [0.29, 0.717) is 0 Å². The minimum absolute atomic E-state index is 0.00102. The molecule has 0 bridgehead atoms. The molecular weight excluding hydrogens is 348 g/mol. The summed E-state index contributed by atoms with van der Waals surface area (Å²) in [7, 11) is 0. The van der Waals surface area contributed by atoms with E-state index < -0.39 is 0 Å². The van der Waals surface area contributed by atoms with Crippen molar-refractivity contribution >= 4 is 5.78 Å². The molecule has 1 saturated heterocycles. The number of nitrogens with zero attached hydrogens (tertiary/aromatic N) is 2. The summed E-state index contributed by atoms with van der Waals surface area (Å²) in [6.07, 6.45) is 1.39. The lowest BCUT2D eigenvalue weighted by Gasteiger charge is -2.43. The quantitative estimate of drug-likeness (QED) is 0.813. The van der Waals surface area contributed by atoms with Crippen LogP contribution < -0.4 is 0 Å². The molecule has 0 spiro atoms. The Kier molecular flexibility index (Phi) is 5.90. The Bertz CT molecular complexity index is 799. The molecule has 148 valence electrons. The largest absolute Gasteiger partial charge is 0.391 e. The average molecular weight is 379 g/mol. The van der Waals surface area contributed by atoms with Crippen LogP contribution in [0.2, 0.25) is 0 Å². The number of benzene rings is 2. The monoisotopic (exact) mass is 378 g/mol. The zero-order valence-corrected chi connectivity index (χ0v) is 16.6. The molecule has 1 aliphatic carbocycles. The van der Waals surface area contributed by atoms with Gasteiger partial charge in [0, 0.05) is 56.7 Å². The lowest BCUT2D eigenvalue weighted by atomic mass is 9.85. The average Bonchev–Trinajstić information content (AvgIpc) is 2.74. The van der Waals surface area contributed by atoms with Crippen LogP contribution >= 0.6 is 0 Å². The predicted molar refractivity (Wildman–Crippen MR) is 112 cm³/mol. The maximum atomic E-state index is 12.6. The topological polar surface area (TPSA) is 43.8 Å². The molecule has 1 fully saturated rings. The molecule has 1 N–H and O–H groups in total. The number of ketones is 1. The molecule has 1 aliphatic heterocycles. The normalized spacial score (nSPS) is 24.5. The Hall–Kier alpha value is -2.01. The van der Waals surface area contributed by atoms with E-state index in [1.165, 1.54) is 11.1 Å². The van der Waals surface area contributed by atoms with Crippen LogP contribution in [0.15, 0.2) is 54.6 Å². The van der Waals surface area contributed by atoms with Gasteiger partial charge in [0.1, 0.15) is 0 Å². The van der Waals surface area contributed by atoms with Gasteiger partial charge in [0.2, 0.25) is 0 Å². The molecule has 3 atom stereocenters. The fraction of sp³-hybridized carbons (Fsp3) is 0.458. The summed E-state index contributed by atoms with van der Waals surface area (Å²) in [5, 5.41) is 10.7. The van der Waals surface area contributed by atoms with Gasteiger partial charge in [0.15, 0.2) is 5.78 Å². The zero-order valence-electron chi connectivity index (χ0n) is 16.6. The molecule has 4 nitrogen and oxygen atoms in total. The summed E-state index contributed by atoms with van der Waals surface area (Å²) in [4.78, 5) is 17.5. The van der Waals surface area contributed by atoms with Gasteiger partial charge >= 0.3 is 0 Å². The second kappa shape index (κ2) is 8.56. The van der Waals surface area contributed by atoms with Gasteiger partial charge in [-0.1, -0.05) is 61.5 Å². The van der Waals surface area contributed by atoms with E-state index in [9.17, 15) is 9.90 Å². The minimum Gasteiger partial charge on any atom is -0.391 e. The third-order valence-electron chi connectivity index (χ3n) is 6.33. The highest BCUT2D eigenvalue weighted by Gasteiger charge is 2.33. The Morgan fingerprint density at radius 1 is 0.964 bits per heavy atom. The van der Waals surface area contributed by atoms with Crippen molar-refractivity contribution in [3.05, 3.63) is 71.3 Å². The molecule has 1 unspecified atom stereocenters. The summed E-state index contributed by atoms with van der Waals surface area (Å²) in [5.41, 5.74) is 3.47. The fourth-order valence-corrected chi connectivity index (χ4v) is 4.69. The van der Waals surface area contributed by atoms with Crippen molar-refractivity contribution < 1.29 is 9.90 Å². The number of aliphatic hydroxyl groups excluding tert-OH is 1. The van der Waals surface area contributed by atoms with Crippen molar-refractivity contribution in [1.82, 2.24) is 9.80 Å². The molecule has 1 heterocycles. The summed E-state index contributed by atoms with van der Waals surface area (Å²) in [5.74, 6) is 0.225. The minimum atomic E-state index is -0.292. The van der Waals surface area contributed by atoms with Crippen LogP contribution in [0.4, 0.5) is 0 Å². The first-order valence-corrected chi connectivity index (χ1v) is 10.4.